The summed E-state index contributed by atoms with van der Waals surface area (Å²) in [6.07, 6.45) is 7.21. The monoisotopic (exact) mass is 334 g/mol. The molecular weight excluding hydrogens is 316 g/mol. The first-order valence-electron chi connectivity index (χ1n) is 7.20. The molecule has 1 aliphatic carbocycles. The number of rotatable bonds is 4. The van der Waals surface area contributed by atoms with Crippen molar-refractivity contribution in [2.75, 3.05) is 0 Å². The summed E-state index contributed by atoms with van der Waals surface area (Å²) >= 11 is 3.41. The van der Waals surface area contributed by atoms with Gasteiger partial charge in [-0.05, 0) is 36.6 Å². The quantitative estimate of drug-likeness (QED) is 0.916. The smallest absolute Gasteiger partial charge is 0.0846 e. The van der Waals surface area contributed by atoms with Crippen LogP contribution in [0.4, 0.5) is 0 Å². The average molecular weight is 335 g/mol. The van der Waals surface area contributed by atoms with Crippen LogP contribution < -0.4 is 0 Å². The molecule has 1 saturated carbocycles. The molecule has 1 aliphatic rings. The van der Waals surface area contributed by atoms with Gasteiger partial charge in [-0.15, -0.1) is 0 Å². The lowest BCUT2D eigenvalue weighted by molar-refractivity contribution is 0.176. The van der Waals surface area contributed by atoms with Gasteiger partial charge in [-0.1, -0.05) is 40.9 Å². The molecule has 1 atom stereocenters. The van der Waals surface area contributed by atoms with Crippen LogP contribution >= 0.6 is 15.9 Å². The Kier molecular flexibility index (Phi) is 4.22. The van der Waals surface area contributed by atoms with Crippen molar-refractivity contribution in [1.82, 2.24) is 9.78 Å². The van der Waals surface area contributed by atoms with Gasteiger partial charge >= 0.3 is 0 Å². The second-order valence-electron chi connectivity index (χ2n) is 5.50. The van der Waals surface area contributed by atoms with Crippen LogP contribution in [0, 0.1) is 0 Å². The molecule has 1 fully saturated rings. The van der Waals surface area contributed by atoms with Crippen molar-refractivity contribution in [3.05, 3.63) is 52.3 Å². The number of hydrogen-bond acceptors (Lipinski definition) is 2. The van der Waals surface area contributed by atoms with Crippen molar-refractivity contribution in [3.8, 4) is 0 Å². The normalized spacial score (nSPS) is 17.5. The van der Waals surface area contributed by atoms with E-state index in [1.54, 1.807) is 0 Å². The second-order valence-corrected chi connectivity index (χ2v) is 6.41. The van der Waals surface area contributed by atoms with Gasteiger partial charge in [0, 0.05) is 17.1 Å². The van der Waals surface area contributed by atoms with Gasteiger partial charge in [-0.2, -0.15) is 5.10 Å². The molecule has 1 aromatic carbocycles. The number of aliphatic hydroxyl groups excluding tert-OH is 1. The summed E-state index contributed by atoms with van der Waals surface area (Å²) in [5, 5.41) is 14.9. The Balaban J connectivity index is 1.66. The first-order chi connectivity index (χ1) is 9.72. The molecule has 2 aromatic rings. The zero-order chi connectivity index (χ0) is 13.9. The van der Waals surface area contributed by atoms with Crippen molar-refractivity contribution >= 4 is 15.9 Å². The minimum atomic E-state index is -0.491. The maximum absolute atomic E-state index is 10.3. The maximum Gasteiger partial charge on any atom is 0.0846 e. The molecule has 1 heterocycles. The summed E-state index contributed by atoms with van der Waals surface area (Å²) in [6, 6.07) is 10.4. The first-order valence-corrected chi connectivity index (χ1v) is 7.99. The van der Waals surface area contributed by atoms with Gasteiger partial charge in [0.2, 0.25) is 0 Å². The van der Waals surface area contributed by atoms with E-state index in [0.29, 0.717) is 12.5 Å². The Morgan fingerprint density at radius 2 is 1.90 bits per heavy atom. The van der Waals surface area contributed by atoms with Crippen molar-refractivity contribution in [2.24, 2.45) is 0 Å². The Hall–Kier alpha value is -1.13. The average Bonchev–Trinajstić information content (AvgIpc) is 3.09. The van der Waals surface area contributed by atoms with Gasteiger partial charge in [0.15, 0.2) is 0 Å². The van der Waals surface area contributed by atoms with Gasteiger partial charge in [-0.3, -0.25) is 4.68 Å². The van der Waals surface area contributed by atoms with Gasteiger partial charge in [0.25, 0.3) is 0 Å². The predicted molar refractivity (Wildman–Crippen MR) is 82.5 cm³/mol. The van der Waals surface area contributed by atoms with E-state index in [1.165, 1.54) is 25.7 Å². The van der Waals surface area contributed by atoms with Crippen LogP contribution in [-0.2, 0) is 6.42 Å². The molecule has 0 bridgehead atoms. The first kappa shape index (κ1) is 13.8. The summed E-state index contributed by atoms with van der Waals surface area (Å²) < 4.78 is 3.11. The number of aromatic nitrogens is 2. The molecule has 4 heteroatoms. The Labute approximate surface area is 127 Å². The molecule has 0 spiro atoms. The molecule has 106 valence electrons. The summed E-state index contributed by atoms with van der Waals surface area (Å²) in [4.78, 5) is 0. The highest BCUT2D eigenvalue weighted by atomic mass is 79.9. The highest BCUT2D eigenvalue weighted by Gasteiger charge is 2.18. The van der Waals surface area contributed by atoms with Crippen LogP contribution in [0.1, 0.15) is 49.1 Å². The van der Waals surface area contributed by atoms with Crippen molar-refractivity contribution < 1.29 is 5.11 Å². The molecule has 0 radical (unpaired) electrons. The maximum atomic E-state index is 10.3. The lowest BCUT2D eigenvalue weighted by atomic mass is 10.1. The van der Waals surface area contributed by atoms with Crippen LogP contribution in [0.25, 0.3) is 0 Å². The third kappa shape index (κ3) is 3.13. The Morgan fingerprint density at radius 3 is 2.60 bits per heavy atom. The highest BCUT2D eigenvalue weighted by Crippen LogP contribution is 2.29. The standard InChI is InChI=1S/C16H19BrN2O/c17-13-7-5-12(6-8-13)16(20)11-14-9-10-19(18-14)15-3-1-2-4-15/h5-10,15-16,20H,1-4,11H2. The molecule has 1 aromatic heterocycles. The SMILES string of the molecule is OC(Cc1ccn(C2CCCC2)n1)c1ccc(Br)cc1. The van der Waals surface area contributed by atoms with Crippen LogP contribution in [0.5, 0.6) is 0 Å². The second kappa shape index (κ2) is 6.10. The number of aliphatic hydroxyl groups is 1. The van der Waals surface area contributed by atoms with Crippen LogP contribution in [0.2, 0.25) is 0 Å². The van der Waals surface area contributed by atoms with E-state index in [2.05, 4.69) is 31.9 Å². The summed E-state index contributed by atoms with van der Waals surface area (Å²) in [7, 11) is 0. The third-order valence-electron chi connectivity index (χ3n) is 4.02. The molecule has 0 aliphatic heterocycles. The largest absolute Gasteiger partial charge is 0.388 e. The summed E-state index contributed by atoms with van der Waals surface area (Å²) in [5.74, 6) is 0. The van der Waals surface area contributed by atoms with E-state index in [4.69, 9.17) is 0 Å². The fraction of sp³-hybridized carbons (Fsp3) is 0.438. The zero-order valence-corrected chi connectivity index (χ0v) is 13.0. The Morgan fingerprint density at radius 1 is 1.20 bits per heavy atom. The zero-order valence-electron chi connectivity index (χ0n) is 11.4. The van der Waals surface area contributed by atoms with Crippen molar-refractivity contribution in [1.29, 1.82) is 0 Å². The molecule has 3 rings (SSSR count). The molecular formula is C16H19BrN2O. The number of benzene rings is 1. The summed E-state index contributed by atoms with van der Waals surface area (Å²) in [5.41, 5.74) is 1.90. The van der Waals surface area contributed by atoms with E-state index >= 15 is 0 Å². The molecule has 1 unspecified atom stereocenters. The minimum absolute atomic E-state index is 0.491. The van der Waals surface area contributed by atoms with E-state index in [1.807, 2.05) is 30.3 Å². The topological polar surface area (TPSA) is 38.0 Å². The number of nitrogens with zero attached hydrogens (tertiary/aromatic N) is 2. The van der Waals surface area contributed by atoms with Crippen molar-refractivity contribution in [3.63, 3.8) is 0 Å². The number of hydrogen-bond donors (Lipinski definition) is 1. The molecule has 0 amide bonds. The van der Waals surface area contributed by atoms with Crippen LogP contribution in [0.15, 0.2) is 41.0 Å². The van der Waals surface area contributed by atoms with Gasteiger partial charge < -0.3 is 5.11 Å². The predicted octanol–water partition coefficient (Wildman–Crippen LogP) is 4.04. The fourth-order valence-corrected chi connectivity index (χ4v) is 3.12. The van der Waals surface area contributed by atoms with E-state index in [0.717, 1.165) is 15.7 Å². The van der Waals surface area contributed by atoms with Crippen molar-refractivity contribution in [2.45, 2.75) is 44.2 Å². The summed E-state index contributed by atoms with van der Waals surface area (Å²) in [6.45, 7) is 0. The molecule has 20 heavy (non-hydrogen) atoms. The highest BCUT2D eigenvalue weighted by molar-refractivity contribution is 9.10. The molecule has 1 N–H and O–H groups in total. The molecule has 3 nitrogen and oxygen atoms in total. The third-order valence-corrected chi connectivity index (χ3v) is 4.55. The minimum Gasteiger partial charge on any atom is -0.388 e. The fourth-order valence-electron chi connectivity index (χ4n) is 2.86. The van der Waals surface area contributed by atoms with Gasteiger partial charge in [0.1, 0.15) is 0 Å². The molecule has 0 saturated heterocycles. The van der Waals surface area contributed by atoms with Crippen LogP contribution in [0.3, 0.4) is 0 Å². The van der Waals surface area contributed by atoms with E-state index in [9.17, 15) is 5.11 Å². The van der Waals surface area contributed by atoms with Crippen LogP contribution in [-0.4, -0.2) is 14.9 Å². The lowest BCUT2D eigenvalue weighted by Crippen LogP contribution is -2.07. The van der Waals surface area contributed by atoms with E-state index < -0.39 is 6.10 Å². The lowest BCUT2D eigenvalue weighted by Gasteiger charge is -2.11. The van der Waals surface area contributed by atoms with Gasteiger partial charge in [-0.25, -0.2) is 0 Å². The Bertz CT molecular complexity index is 558. The van der Waals surface area contributed by atoms with E-state index in [-0.39, 0.29) is 0 Å². The van der Waals surface area contributed by atoms with Gasteiger partial charge in [0.05, 0.1) is 17.8 Å². The number of halogens is 1.